The van der Waals surface area contributed by atoms with Crippen molar-refractivity contribution in [2.45, 2.75) is 46.1 Å². The number of ether oxygens (including phenoxy) is 1. The summed E-state index contributed by atoms with van der Waals surface area (Å²) in [6, 6.07) is 8.87. The molecule has 3 heterocycles. The second-order valence-electron chi connectivity index (χ2n) is 7.01. The molecule has 3 aromatic heterocycles. The molecule has 1 aromatic carbocycles. The van der Waals surface area contributed by atoms with Gasteiger partial charge in [-0.05, 0) is 38.0 Å². The first kappa shape index (κ1) is 17.3. The molecule has 27 heavy (non-hydrogen) atoms. The number of aromatic amines is 1. The van der Waals surface area contributed by atoms with Gasteiger partial charge in [-0.25, -0.2) is 14.1 Å². The first-order chi connectivity index (χ1) is 13.0. The molecule has 4 aromatic rings. The first-order valence-corrected chi connectivity index (χ1v) is 9.27. The van der Waals surface area contributed by atoms with Crippen molar-refractivity contribution in [2.24, 2.45) is 0 Å². The largest absolute Gasteiger partial charge is 0.494 e. The molecule has 0 spiro atoms. The number of H-pyrrole nitrogens is 1. The van der Waals surface area contributed by atoms with E-state index in [0.717, 1.165) is 35.9 Å². The van der Waals surface area contributed by atoms with Crippen LogP contribution in [-0.2, 0) is 0 Å². The summed E-state index contributed by atoms with van der Waals surface area (Å²) in [5.41, 5.74) is 3.92. The van der Waals surface area contributed by atoms with E-state index in [1.165, 1.54) is 16.7 Å². The van der Waals surface area contributed by atoms with E-state index in [1.807, 2.05) is 36.6 Å². The van der Waals surface area contributed by atoms with Crippen molar-refractivity contribution in [1.82, 2.24) is 19.2 Å². The Labute approximate surface area is 156 Å². The fraction of sp³-hybridized carbons (Fsp3) is 0.350. The van der Waals surface area contributed by atoms with Crippen LogP contribution in [0.5, 0.6) is 17.6 Å². The molecule has 7 nitrogen and oxygen atoms in total. The van der Waals surface area contributed by atoms with E-state index in [-0.39, 0.29) is 17.9 Å². The van der Waals surface area contributed by atoms with Gasteiger partial charge in [-0.2, -0.15) is 0 Å². The maximum absolute atomic E-state index is 10.3. The van der Waals surface area contributed by atoms with Gasteiger partial charge >= 0.3 is 0 Å². The second-order valence-corrected chi connectivity index (χ2v) is 7.01. The highest BCUT2D eigenvalue weighted by atomic mass is 16.5. The molecule has 1 unspecified atom stereocenters. The van der Waals surface area contributed by atoms with Crippen LogP contribution in [0.1, 0.15) is 38.7 Å². The third-order valence-electron chi connectivity index (χ3n) is 4.80. The van der Waals surface area contributed by atoms with Crippen LogP contribution >= 0.6 is 0 Å². The number of imidazole rings is 1. The van der Waals surface area contributed by atoms with Crippen molar-refractivity contribution in [3.05, 3.63) is 35.9 Å². The lowest BCUT2D eigenvalue weighted by Gasteiger charge is -2.15. The average molecular weight is 368 g/mol. The maximum atomic E-state index is 10.3. The van der Waals surface area contributed by atoms with Crippen molar-refractivity contribution < 1.29 is 14.9 Å². The second kappa shape index (κ2) is 6.57. The van der Waals surface area contributed by atoms with E-state index < -0.39 is 0 Å². The van der Waals surface area contributed by atoms with Gasteiger partial charge in [-0.3, -0.25) is 5.10 Å². The van der Waals surface area contributed by atoms with E-state index in [9.17, 15) is 10.2 Å². The Morgan fingerprint density at radius 1 is 1.19 bits per heavy atom. The van der Waals surface area contributed by atoms with Gasteiger partial charge in [-0.1, -0.05) is 25.8 Å². The number of rotatable bonds is 6. The number of aromatic nitrogens is 4. The number of hydrogen-bond donors (Lipinski definition) is 3. The lowest BCUT2D eigenvalue weighted by Crippen LogP contribution is -2.13. The molecule has 0 bridgehead atoms. The lowest BCUT2D eigenvalue weighted by atomic mass is 10.2. The normalized spacial score (nSPS) is 12.9. The van der Waals surface area contributed by atoms with Crippen LogP contribution in [0.4, 0.5) is 0 Å². The number of aryl methyl sites for hydroxylation is 1. The zero-order chi connectivity index (χ0) is 19.1. The van der Waals surface area contributed by atoms with Gasteiger partial charge in [-0.15, -0.1) is 0 Å². The van der Waals surface area contributed by atoms with E-state index in [0.29, 0.717) is 17.2 Å². The predicted octanol–water partition coefficient (Wildman–Crippen LogP) is 4.28. The van der Waals surface area contributed by atoms with Crippen molar-refractivity contribution in [3.8, 4) is 23.3 Å². The third kappa shape index (κ3) is 2.89. The molecule has 0 saturated heterocycles. The van der Waals surface area contributed by atoms with Gasteiger partial charge in [0.15, 0.2) is 23.1 Å². The summed E-state index contributed by atoms with van der Waals surface area (Å²) >= 11 is 0. The number of nitrogens with one attached hydrogen (secondary N) is 1. The van der Waals surface area contributed by atoms with E-state index in [1.54, 1.807) is 0 Å². The Bertz CT molecular complexity index is 1090. The topological polar surface area (TPSA) is 87.7 Å². The quantitative estimate of drug-likeness (QED) is 0.474. The Balaban J connectivity index is 1.93. The monoisotopic (exact) mass is 368 g/mol. The van der Waals surface area contributed by atoms with Crippen molar-refractivity contribution in [1.29, 1.82) is 0 Å². The molecule has 0 saturated carbocycles. The Morgan fingerprint density at radius 2 is 1.93 bits per heavy atom. The fourth-order valence-electron chi connectivity index (χ4n) is 3.39. The van der Waals surface area contributed by atoms with Gasteiger partial charge in [0.05, 0.1) is 17.1 Å². The molecule has 3 N–H and O–H groups in total. The number of nitrogens with zero attached hydrogens (tertiary/aromatic N) is 3. The minimum absolute atomic E-state index is 0.0140. The molecule has 0 aliphatic heterocycles. The number of unbranched alkanes of at least 4 members (excludes halogenated alkanes) is 1. The summed E-state index contributed by atoms with van der Waals surface area (Å²) in [4.78, 5) is 4.69. The van der Waals surface area contributed by atoms with Gasteiger partial charge in [0.1, 0.15) is 0 Å². The van der Waals surface area contributed by atoms with Crippen molar-refractivity contribution in [2.75, 3.05) is 0 Å². The summed E-state index contributed by atoms with van der Waals surface area (Å²) in [5.74, 6) is 0.304. The lowest BCUT2D eigenvalue weighted by molar-refractivity contribution is 0.197. The molecular weight excluding hydrogens is 344 g/mol. The van der Waals surface area contributed by atoms with E-state index in [2.05, 4.69) is 12.0 Å². The molecule has 142 valence electrons. The van der Waals surface area contributed by atoms with Gasteiger partial charge in [0.2, 0.25) is 5.88 Å². The average Bonchev–Trinajstić information content (AvgIpc) is 3.25. The van der Waals surface area contributed by atoms with Gasteiger partial charge < -0.3 is 14.9 Å². The van der Waals surface area contributed by atoms with Crippen LogP contribution in [0.3, 0.4) is 0 Å². The summed E-state index contributed by atoms with van der Waals surface area (Å²) in [6.07, 6.45) is 3.06. The van der Waals surface area contributed by atoms with Crippen molar-refractivity contribution >= 4 is 16.7 Å². The highest BCUT2D eigenvalue weighted by molar-refractivity contribution is 5.85. The summed E-state index contributed by atoms with van der Waals surface area (Å²) in [6.45, 7) is 6.18. The standard InChI is InChI=1S/C20H24N4O3/c1-4-5-6-13(3)27-20-18(23-16(25)9-10-17(23)26)19-21-14-8-7-12(2)11-15(14)24(19)22-20/h7-11,13,22,25-26H,4-6H2,1-3H3. The zero-order valence-corrected chi connectivity index (χ0v) is 15.7. The third-order valence-corrected chi connectivity index (χ3v) is 4.80. The SMILES string of the molecule is CCCCC(C)Oc1[nH]n2c(nc3ccc(C)cc32)c1-n1c(O)ccc1O. The van der Waals surface area contributed by atoms with Gasteiger partial charge in [0, 0.05) is 12.1 Å². The maximum Gasteiger partial charge on any atom is 0.235 e. The van der Waals surface area contributed by atoms with Gasteiger partial charge in [0.25, 0.3) is 0 Å². The minimum atomic E-state index is -0.0803. The number of benzene rings is 1. The molecule has 0 radical (unpaired) electrons. The predicted molar refractivity (Wildman–Crippen MR) is 104 cm³/mol. The van der Waals surface area contributed by atoms with Crippen LogP contribution in [-0.4, -0.2) is 35.5 Å². The Kier molecular flexibility index (Phi) is 4.22. The molecule has 0 amide bonds. The van der Waals surface area contributed by atoms with E-state index >= 15 is 0 Å². The Morgan fingerprint density at radius 3 is 2.63 bits per heavy atom. The zero-order valence-electron chi connectivity index (χ0n) is 15.7. The summed E-state index contributed by atoms with van der Waals surface area (Å²) in [7, 11) is 0. The van der Waals surface area contributed by atoms with Crippen LogP contribution in [0.2, 0.25) is 0 Å². The highest BCUT2D eigenvalue weighted by Gasteiger charge is 2.24. The summed E-state index contributed by atoms with van der Waals surface area (Å²) < 4.78 is 9.32. The van der Waals surface area contributed by atoms with Crippen molar-refractivity contribution in [3.63, 3.8) is 0 Å². The molecule has 0 aliphatic rings. The Hall–Kier alpha value is -3.09. The molecule has 1 atom stereocenters. The molecular formula is C20H24N4O3. The minimum Gasteiger partial charge on any atom is -0.494 e. The molecule has 0 aliphatic carbocycles. The van der Waals surface area contributed by atoms with Crippen LogP contribution < -0.4 is 4.74 Å². The molecule has 7 heteroatoms. The van der Waals surface area contributed by atoms with Crippen LogP contribution in [0, 0.1) is 6.92 Å². The fourth-order valence-corrected chi connectivity index (χ4v) is 3.39. The first-order valence-electron chi connectivity index (χ1n) is 9.27. The molecule has 0 fully saturated rings. The smallest absolute Gasteiger partial charge is 0.235 e. The number of aromatic hydroxyl groups is 2. The molecule has 4 rings (SSSR count). The van der Waals surface area contributed by atoms with Crippen LogP contribution in [0.15, 0.2) is 30.3 Å². The highest BCUT2D eigenvalue weighted by Crippen LogP contribution is 2.37. The summed E-state index contributed by atoms with van der Waals surface area (Å²) in [5, 5.41) is 23.8. The van der Waals surface area contributed by atoms with Crippen LogP contribution in [0.25, 0.3) is 22.4 Å². The number of hydrogen-bond acceptors (Lipinski definition) is 4. The number of fused-ring (bicyclic) bond motifs is 3. The van der Waals surface area contributed by atoms with E-state index in [4.69, 9.17) is 9.72 Å².